The Morgan fingerprint density at radius 2 is 1.46 bits per heavy atom. The van der Waals surface area contributed by atoms with Gasteiger partial charge < -0.3 is 0 Å². The summed E-state index contributed by atoms with van der Waals surface area (Å²) in [5, 5.41) is 0. The van der Waals surface area contributed by atoms with Crippen LogP contribution < -0.4 is 0 Å². The zero-order valence-electron chi connectivity index (χ0n) is 14.0. The minimum absolute atomic E-state index is 0.482. The molecular formula is C22H22F2. The third-order valence-electron chi connectivity index (χ3n) is 5.08. The molecule has 0 aromatic heterocycles. The van der Waals surface area contributed by atoms with Crippen molar-refractivity contribution in [1.29, 1.82) is 0 Å². The highest BCUT2D eigenvalue weighted by atomic mass is 19.2. The zero-order valence-corrected chi connectivity index (χ0v) is 14.0. The smallest absolute Gasteiger partial charge is 0.160 e. The molecule has 0 aliphatic heterocycles. The van der Waals surface area contributed by atoms with E-state index in [1.165, 1.54) is 43.7 Å². The van der Waals surface area contributed by atoms with Gasteiger partial charge in [-0.15, -0.1) is 0 Å². The van der Waals surface area contributed by atoms with Gasteiger partial charge >= 0.3 is 0 Å². The number of hydrogen-bond donors (Lipinski definition) is 0. The van der Waals surface area contributed by atoms with Crippen LogP contribution in [0.25, 0.3) is 0 Å². The maximum atomic E-state index is 13.2. The van der Waals surface area contributed by atoms with Crippen molar-refractivity contribution in [3.63, 3.8) is 0 Å². The van der Waals surface area contributed by atoms with Crippen molar-refractivity contribution in [2.45, 2.75) is 44.9 Å². The number of rotatable bonds is 2. The van der Waals surface area contributed by atoms with Gasteiger partial charge in [0.25, 0.3) is 0 Å². The van der Waals surface area contributed by atoms with Gasteiger partial charge in [0.05, 0.1) is 0 Å². The molecule has 124 valence electrons. The van der Waals surface area contributed by atoms with Gasteiger partial charge in [-0.2, -0.15) is 0 Å². The highest BCUT2D eigenvalue weighted by molar-refractivity contribution is 5.44. The third kappa shape index (κ3) is 4.03. The van der Waals surface area contributed by atoms with Gasteiger partial charge in [0.1, 0.15) is 0 Å². The molecule has 0 bridgehead atoms. The minimum Gasteiger partial charge on any atom is -0.204 e. The average Bonchev–Trinajstić information content (AvgIpc) is 2.63. The summed E-state index contributed by atoms with van der Waals surface area (Å²) in [5.41, 5.74) is 2.77. The van der Waals surface area contributed by atoms with Gasteiger partial charge in [-0.3, -0.25) is 0 Å². The largest absolute Gasteiger partial charge is 0.204 e. The van der Waals surface area contributed by atoms with Gasteiger partial charge in [-0.1, -0.05) is 37.3 Å². The van der Waals surface area contributed by atoms with Crippen LogP contribution in [0.1, 0.15) is 61.6 Å². The lowest BCUT2D eigenvalue weighted by atomic mass is 9.78. The summed E-state index contributed by atoms with van der Waals surface area (Å²) in [6.07, 6.45) is 6.51. The van der Waals surface area contributed by atoms with Gasteiger partial charge in [0, 0.05) is 11.1 Å². The summed E-state index contributed by atoms with van der Waals surface area (Å²) in [6.45, 7) is 2.28. The van der Waals surface area contributed by atoms with Crippen molar-refractivity contribution in [2.75, 3.05) is 0 Å². The lowest BCUT2D eigenvalue weighted by Gasteiger charge is -2.28. The summed E-state index contributed by atoms with van der Waals surface area (Å²) in [5.74, 6) is 5.77. The van der Waals surface area contributed by atoms with Crippen molar-refractivity contribution >= 4 is 0 Å². The standard InChI is InChI=1S/C22H22F2/c1-2-16-5-10-19(11-6-16)20-12-7-17(8-13-20)3-4-18-9-14-21(23)22(24)15-18/h7-9,12-16,19H,2,5-6,10-11H2,1H3. The van der Waals surface area contributed by atoms with Crippen LogP contribution in [-0.2, 0) is 0 Å². The van der Waals surface area contributed by atoms with E-state index in [-0.39, 0.29) is 0 Å². The Morgan fingerprint density at radius 3 is 2.08 bits per heavy atom. The molecule has 1 aliphatic rings. The monoisotopic (exact) mass is 324 g/mol. The lowest BCUT2D eigenvalue weighted by Crippen LogP contribution is -2.12. The first kappa shape index (κ1) is 16.7. The molecule has 0 spiro atoms. The predicted molar refractivity (Wildman–Crippen MR) is 93.8 cm³/mol. The van der Waals surface area contributed by atoms with Gasteiger partial charge in [-0.25, -0.2) is 8.78 Å². The minimum atomic E-state index is -0.861. The van der Waals surface area contributed by atoms with Crippen LogP contribution in [0, 0.1) is 29.4 Å². The molecule has 1 saturated carbocycles. The molecule has 0 heterocycles. The first-order chi connectivity index (χ1) is 11.7. The third-order valence-corrected chi connectivity index (χ3v) is 5.08. The highest BCUT2D eigenvalue weighted by Gasteiger charge is 2.20. The fraction of sp³-hybridized carbons (Fsp3) is 0.364. The molecule has 24 heavy (non-hydrogen) atoms. The predicted octanol–water partition coefficient (Wildman–Crippen LogP) is 6.05. The second-order valence-corrected chi connectivity index (χ2v) is 6.63. The molecule has 0 amide bonds. The average molecular weight is 324 g/mol. The van der Waals surface area contributed by atoms with E-state index in [2.05, 4.69) is 30.9 Å². The fourth-order valence-electron chi connectivity index (χ4n) is 3.46. The molecule has 0 saturated heterocycles. The van der Waals surface area contributed by atoms with Crippen molar-refractivity contribution < 1.29 is 8.78 Å². The Kier molecular flexibility index (Phi) is 5.30. The van der Waals surface area contributed by atoms with Crippen molar-refractivity contribution in [3.05, 3.63) is 70.8 Å². The second-order valence-electron chi connectivity index (χ2n) is 6.63. The van der Waals surface area contributed by atoms with Crippen LogP contribution >= 0.6 is 0 Å². The SMILES string of the molecule is CCC1CCC(c2ccc(C#Cc3ccc(F)c(F)c3)cc2)CC1. The normalized spacial score (nSPS) is 20.3. The summed E-state index contributed by atoms with van der Waals surface area (Å²) >= 11 is 0. The molecule has 1 aliphatic carbocycles. The lowest BCUT2D eigenvalue weighted by molar-refractivity contribution is 0.319. The van der Waals surface area contributed by atoms with Crippen molar-refractivity contribution in [1.82, 2.24) is 0 Å². The molecule has 0 N–H and O–H groups in total. The number of hydrogen-bond acceptors (Lipinski definition) is 0. The van der Waals surface area contributed by atoms with Crippen LogP contribution in [0.4, 0.5) is 8.78 Å². The molecule has 0 radical (unpaired) electrons. The maximum Gasteiger partial charge on any atom is 0.160 e. The van der Waals surface area contributed by atoms with Crippen LogP contribution in [0.3, 0.4) is 0 Å². The molecule has 0 unspecified atom stereocenters. The Labute approximate surface area is 142 Å². The van der Waals surface area contributed by atoms with Gasteiger partial charge in [0.15, 0.2) is 11.6 Å². The highest BCUT2D eigenvalue weighted by Crippen LogP contribution is 2.36. The number of benzene rings is 2. The van der Waals surface area contributed by atoms with Gasteiger partial charge in [0.2, 0.25) is 0 Å². The van der Waals surface area contributed by atoms with Crippen LogP contribution in [-0.4, -0.2) is 0 Å². The molecule has 1 fully saturated rings. The van der Waals surface area contributed by atoms with Crippen LogP contribution in [0.15, 0.2) is 42.5 Å². The molecule has 0 nitrogen and oxygen atoms in total. The Hall–Kier alpha value is -2.14. The Bertz CT molecular complexity index is 742. The zero-order chi connectivity index (χ0) is 16.9. The van der Waals surface area contributed by atoms with E-state index < -0.39 is 11.6 Å². The van der Waals surface area contributed by atoms with E-state index in [4.69, 9.17) is 0 Å². The van der Waals surface area contributed by atoms with E-state index in [0.29, 0.717) is 11.5 Å². The Morgan fingerprint density at radius 1 is 0.833 bits per heavy atom. The quantitative estimate of drug-likeness (QED) is 0.590. The van der Waals surface area contributed by atoms with E-state index >= 15 is 0 Å². The molecular weight excluding hydrogens is 302 g/mol. The van der Waals surface area contributed by atoms with E-state index in [1.54, 1.807) is 0 Å². The van der Waals surface area contributed by atoms with Crippen molar-refractivity contribution in [3.8, 4) is 11.8 Å². The summed E-state index contributed by atoms with van der Waals surface area (Å²) in [7, 11) is 0. The maximum absolute atomic E-state index is 13.2. The van der Waals surface area contributed by atoms with Crippen molar-refractivity contribution in [2.24, 2.45) is 5.92 Å². The summed E-state index contributed by atoms with van der Waals surface area (Å²) < 4.78 is 26.1. The van der Waals surface area contributed by atoms with Crippen LogP contribution in [0.5, 0.6) is 0 Å². The molecule has 3 rings (SSSR count). The molecule has 2 aromatic carbocycles. The second kappa shape index (κ2) is 7.62. The Balaban J connectivity index is 1.67. The first-order valence-corrected chi connectivity index (χ1v) is 8.72. The first-order valence-electron chi connectivity index (χ1n) is 8.72. The summed E-state index contributed by atoms with van der Waals surface area (Å²) in [6, 6.07) is 12.1. The molecule has 2 aromatic rings. The van der Waals surface area contributed by atoms with Gasteiger partial charge in [-0.05, 0) is 73.4 Å². The topological polar surface area (TPSA) is 0 Å². The van der Waals surface area contributed by atoms with E-state index in [1.807, 2.05) is 12.1 Å². The molecule has 0 atom stereocenters. The van der Waals surface area contributed by atoms with E-state index in [0.717, 1.165) is 23.6 Å². The summed E-state index contributed by atoms with van der Waals surface area (Å²) in [4.78, 5) is 0. The van der Waals surface area contributed by atoms with Crippen LogP contribution in [0.2, 0.25) is 0 Å². The number of halogens is 2. The molecule has 2 heteroatoms. The van der Waals surface area contributed by atoms with E-state index in [9.17, 15) is 8.78 Å². The fourth-order valence-corrected chi connectivity index (χ4v) is 3.46.